The molecule has 45 heavy (non-hydrogen) atoms. The van der Waals surface area contributed by atoms with Crippen LogP contribution in [0.3, 0.4) is 0 Å². The van der Waals surface area contributed by atoms with E-state index in [1.807, 2.05) is 7.05 Å². The van der Waals surface area contributed by atoms with E-state index >= 15 is 0 Å². The number of hydrogen-bond donors (Lipinski definition) is 2. The van der Waals surface area contributed by atoms with Gasteiger partial charge >= 0.3 is 15.6 Å². The number of hydrogen-bond acceptors (Lipinski definition) is 8. The first kappa shape index (κ1) is 31.5. The van der Waals surface area contributed by atoms with Crippen LogP contribution in [0.4, 0.5) is 13.2 Å². The lowest BCUT2D eigenvalue weighted by atomic mass is 9.90. The van der Waals surface area contributed by atoms with Crippen molar-refractivity contribution in [2.75, 3.05) is 40.3 Å². The molecule has 7 heterocycles. The summed E-state index contributed by atoms with van der Waals surface area (Å²) in [7, 11) is -1.49. The smallest absolute Gasteiger partial charge is 0.360 e. The number of likely N-dealkylation sites (tertiary alicyclic amines) is 2. The molecule has 240 valence electrons. The number of thiophene rings is 1. The van der Waals surface area contributed by atoms with Crippen LogP contribution in [0, 0.1) is 0 Å². The number of alkyl halides is 3. The van der Waals surface area contributed by atoms with Crippen LogP contribution in [-0.2, 0) is 10.1 Å². The van der Waals surface area contributed by atoms with E-state index < -0.39 is 21.5 Å². The molecule has 9 nitrogen and oxygen atoms in total. The van der Waals surface area contributed by atoms with Gasteiger partial charge in [0.15, 0.2) is 0 Å². The van der Waals surface area contributed by atoms with Crippen molar-refractivity contribution in [3.63, 3.8) is 0 Å². The highest BCUT2D eigenvalue weighted by Gasteiger charge is 2.49. The molecule has 2 saturated heterocycles. The van der Waals surface area contributed by atoms with E-state index in [1.165, 1.54) is 42.4 Å². The second-order valence-electron chi connectivity index (χ2n) is 11.7. The average molecular weight is 661 g/mol. The topological polar surface area (TPSA) is 107 Å². The van der Waals surface area contributed by atoms with Crippen molar-refractivity contribution in [2.24, 2.45) is 0 Å². The van der Waals surface area contributed by atoms with E-state index in [-0.39, 0.29) is 5.92 Å². The number of aromatic nitrogens is 4. The molecule has 2 fully saturated rings. The normalized spacial score (nSPS) is 17.9. The number of rotatable bonds is 5. The largest absolute Gasteiger partial charge is 0.534 e. The zero-order valence-electron chi connectivity index (χ0n) is 25.0. The molecule has 0 radical (unpaired) electrons. The van der Waals surface area contributed by atoms with Crippen LogP contribution < -0.4 is 4.18 Å². The molecule has 0 aromatic carbocycles. The number of fused-ring (bicyclic) bond motifs is 2. The van der Waals surface area contributed by atoms with E-state index in [4.69, 9.17) is 4.98 Å². The Morgan fingerprint density at radius 2 is 1.36 bits per heavy atom. The Bertz CT molecular complexity index is 1850. The Kier molecular flexibility index (Phi) is 8.92. The number of nitrogens with one attached hydrogen (secondary N) is 2. The second kappa shape index (κ2) is 12.7. The van der Waals surface area contributed by atoms with Gasteiger partial charge in [0.05, 0.1) is 32.6 Å². The van der Waals surface area contributed by atoms with Crippen molar-refractivity contribution in [3.05, 3.63) is 65.3 Å². The summed E-state index contributed by atoms with van der Waals surface area (Å²) in [6.45, 7) is 4.19. The minimum atomic E-state index is -5.73. The molecule has 5 aromatic rings. The first-order chi connectivity index (χ1) is 21.5. The summed E-state index contributed by atoms with van der Waals surface area (Å²) in [6.07, 6.45) is 8.21. The molecule has 0 unspecified atom stereocenters. The first-order valence-corrected chi connectivity index (χ1v) is 17.1. The molecular weight excluding hydrogens is 626 g/mol. The van der Waals surface area contributed by atoms with Crippen molar-refractivity contribution < 1.29 is 25.8 Å². The standard InChI is InChI=1S/C17H19N3S.C14H16F3N3O3S/c1-20-8-6-12(7-9-20)13-11-18-15-5-4-14(19-17(13)15)16-3-2-10-21-16;1-20-6-4-9(5-7-20)10-8-18-11-2-3-12(19-13(10)11)23-24(21,22)14(15,16)17/h2-5,10-12,18H,6-9H2,1H3;2-3,8-9,18H,4-7H2,1H3. The predicted octanol–water partition coefficient (Wildman–Crippen LogP) is 6.70. The molecule has 7 rings (SSSR count). The minimum Gasteiger partial charge on any atom is -0.360 e. The van der Waals surface area contributed by atoms with Crippen LogP contribution in [0.2, 0.25) is 0 Å². The Labute approximate surface area is 263 Å². The molecular formula is C31H35F3N6O3S2. The van der Waals surface area contributed by atoms with Gasteiger partial charge in [-0.3, -0.25) is 0 Å². The molecule has 0 saturated carbocycles. The number of piperidine rings is 2. The second-order valence-corrected chi connectivity index (χ2v) is 14.2. The zero-order valence-corrected chi connectivity index (χ0v) is 26.6. The van der Waals surface area contributed by atoms with Crippen molar-refractivity contribution in [1.82, 2.24) is 29.7 Å². The Balaban J connectivity index is 0.000000160. The van der Waals surface area contributed by atoms with Crippen LogP contribution in [0.5, 0.6) is 5.88 Å². The summed E-state index contributed by atoms with van der Waals surface area (Å²) in [5, 5.41) is 2.11. The van der Waals surface area contributed by atoms with E-state index in [1.54, 1.807) is 17.5 Å². The molecule has 5 aromatic heterocycles. The van der Waals surface area contributed by atoms with Gasteiger partial charge in [-0.1, -0.05) is 6.07 Å². The van der Waals surface area contributed by atoms with Gasteiger partial charge in [0.25, 0.3) is 0 Å². The molecule has 0 aliphatic carbocycles. The van der Waals surface area contributed by atoms with E-state index in [0.717, 1.165) is 54.3 Å². The van der Waals surface area contributed by atoms with Crippen molar-refractivity contribution in [1.29, 1.82) is 0 Å². The van der Waals surface area contributed by atoms with Crippen molar-refractivity contribution in [3.8, 4) is 16.5 Å². The number of nitrogens with zero attached hydrogens (tertiary/aromatic N) is 4. The summed E-state index contributed by atoms with van der Waals surface area (Å²) < 4.78 is 63.6. The fourth-order valence-electron chi connectivity index (χ4n) is 6.05. The molecule has 14 heteroatoms. The fourth-order valence-corrected chi connectivity index (χ4v) is 7.16. The maximum Gasteiger partial charge on any atom is 0.534 e. The summed E-state index contributed by atoms with van der Waals surface area (Å²) in [4.78, 5) is 21.2. The van der Waals surface area contributed by atoms with Gasteiger partial charge in [0.1, 0.15) is 0 Å². The summed E-state index contributed by atoms with van der Waals surface area (Å²) in [5.74, 6) is 0.270. The van der Waals surface area contributed by atoms with E-state index in [0.29, 0.717) is 17.0 Å². The van der Waals surface area contributed by atoms with E-state index in [9.17, 15) is 21.6 Å². The maximum atomic E-state index is 12.4. The van der Waals surface area contributed by atoms with Crippen LogP contribution in [0.15, 0.2) is 54.2 Å². The molecule has 0 spiro atoms. The lowest BCUT2D eigenvalue weighted by Crippen LogP contribution is -2.29. The monoisotopic (exact) mass is 660 g/mol. The predicted molar refractivity (Wildman–Crippen MR) is 170 cm³/mol. The number of halogens is 3. The van der Waals surface area contributed by atoms with Gasteiger partial charge < -0.3 is 24.0 Å². The zero-order chi connectivity index (χ0) is 31.8. The lowest BCUT2D eigenvalue weighted by Gasteiger charge is -2.28. The Hall–Kier alpha value is -3.46. The molecule has 0 amide bonds. The number of aromatic amines is 2. The van der Waals surface area contributed by atoms with Crippen LogP contribution in [0.25, 0.3) is 32.6 Å². The number of pyridine rings is 2. The number of H-pyrrole nitrogens is 2. The third-order valence-corrected chi connectivity index (χ3v) is 10.5. The van der Waals surface area contributed by atoms with Gasteiger partial charge in [-0.2, -0.15) is 21.6 Å². The third kappa shape index (κ3) is 6.88. The van der Waals surface area contributed by atoms with Gasteiger partial charge in [0, 0.05) is 18.5 Å². The maximum absolute atomic E-state index is 12.4. The quantitative estimate of drug-likeness (QED) is 0.160. The van der Waals surface area contributed by atoms with Gasteiger partial charge in [0.2, 0.25) is 5.88 Å². The Morgan fingerprint density at radius 3 is 1.87 bits per heavy atom. The average Bonchev–Trinajstić information content (AvgIpc) is 3.78. The highest BCUT2D eigenvalue weighted by molar-refractivity contribution is 7.87. The highest BCUT2D eigenvalue weighted by atomic mass is 32.2. The van der Waals surface area contributed by atoms with Crippen LogP contribution in [0.1, 0.15) is 48.6 Å². The molecule has 0 atom stereocenters. The van der Waals surface area contributed by atoms with Crippen LogP contribution in [-0.4, -0.2) is 83.9 Å². The third-order valence-electron chi connectivity index (χ3n) is 8.65. The molecule has 0 bridgehead atoms. The summed E-state index contributed by atoms with van der Waals surface area (Å²) in [6, 6.07) is 11.1. The Morgan fingerprint density at radius 1 is 0.822 bits per heavy atom. The van der Waals surface area contributed by atoms with Gasteiger partial charge in [-0.25, -0.2) is 9.97 Å². The van der Waals surface area contributed by atoms with E-state index in [2.05, 4.69) is 71.8 Å². The lowest BCUT2D eigenvalue weighted by molar-refractivity contribution is -0.0501. The first-order valence-electron chi connectivity index (χ1n) is 14.9. The van der Waals surface area contributed by atoms with Crippen molar-refractivity contribution >= 4 is 43.5 Å². The SMILES string of the molecule is CN1CCC(c2c[nH]c3ccc(-c4cccs4)nc23)CC1.CN1CCC(c2c[nH]c3ccc(OS(=O)(=O)C(F)(F)F)nc23)CC1. The highest BCUT2D eigenvalue weighted by Crippen LogP contribution is 2.35. The summed E-state index contributed by atoms with van der Waals surface area (Å²) in [5.41, 5.74) is 1.26. The summed E-state index contributed by atoms with van der Waals surface area (Å²) >= 11 is 1.75. The minimum absolute atomic E-state index is 0.219. The molecule has 2 N–H and O–H groups in total. The van der Waals surface area contributed by atoms with Crippen molar-refractivity contribution in [2.45, 2.75) is 43.0 Å². The molecule has 2 aliphatic rings. The van der Waals surface area contributed by atoms with Crippen LogP contribution >= 0.6 is 11.3 Å². The van der Waals surface area contributed by atoms with Gasteiger partial charge in [-0.05, 0) is 119 Å². The fraction of sp³-hybridized carbons (Fsp3) is 0.419. The van der Waals surface area contributed by atoms with Gasteiger partial charge in [-0.15, -0.1) is 11.3 Å². The molecule has 2 aliphatic heterocycles.